The van der Waals surface area contributed by atoms with Gasteiger partial charge in [0.2, 0.25) is 0 Å². The normalized spacial score (nSPS) is 19.2. The SMILES string of the molecule is CC(C)(C)OC(=O)C(=CN)/C(N)=C(\Br)C1=NC(=Cc2ccc(C=C3C=CC([CH]=[Zn])=N3)[nH]2)C=C1. The molecule has 0 saturated carbocycles. The van der Waals surface area contributed by atoms with E-state index in [0.29, 0.717) is 10.2 Å². The predicted octanol–water partition coefficient (Wildman–Crippen LogP) is 3.82. The zero-order valence-corrected chi connectivity index (χ0v) is 23.3. The van der Waals surface area contributed by atoms with Gasteiger partial charge in [-0.2, -0.15) is 0 Å². The molecule has 166 valence electrons. The van der Waals surface area contributed by atoms with Gasteiger partial charge >= 0.3 is 126 Å². The van der Waals surface area contributed by atoms with Gasteiger partial charge in [-0.25, -0.2) is 4.79 Å². The van der Waals surface area contributed by atoms with Crippen LogP contribution in [0, 0.1) is 0 Å². The fourth-order valence-electron chi connectivity index (χ4n) is 2.94. The molecule has 2 aliphatic heterocycles. The number of halogens is 1. The first-order valence-electron chi connectivity index (χ1n) is 10.2. The Hall–Kier alpha value is -2.90. The minimum atomic E-state index is -0.665. The molecule has 9 heteroatoms. The predicted molar refractivity (Wildman–Crippen MR) is 134 cm³/mol. The minimum absolute atomic E-state index is 0.0712. The van der Waals surface area contributed by atoms with E-state index >= 15 is 0 Å². The fourth-order valence-corrected chi connectivity index (χ4v) is 3.85. The van der Waals surface area contributed by atoms with Crippen molar-refractivity contribution in [3.63, 3.8) is 0 Å². The van der Waals surface area contributed by atoms with Gasteiger partial charge in [-0.05, 0) is 36.7 Å². The second-order valence-electron chi connectivity index (χ2n) is 8.22. The molecular formula is C24H24BrN5O2Zn. The number of aliphatic imine (C=N–C) groups is 2. The second kappa shape index (κ2) is 10.4. The van der Waals surface area contributed by atoms with Gasteiger partial charge in [0.25, 0.3) is 0 Å². The summed E-state index contributed by atoms with van der Waals surface area (Å²) in [7, 11) is 0. The number of carbonyl (C=O) groups is 1. The molecule has 0 radical (unpaired) electrons. The van der Waals surface area contributed by atoms with Crippen molar-refractivity contribution < 1.29 is 27.4 Å². The van der Waals surface area contributed by atoms with Gasteiger partial charge in [-0.15, -0.1) is 0 Å². The summed E-state index contributed by atoms with van der Waals surface area (Å²) in [5, 5.41) is 0. The summed E-state index contributed by atoms with van der Waals surface area (Å²) in [6.07, 6.45) is 12.7. The first kappa shape index (κ1) is 24.7. The number of ether oxygens (including phenoxy) is 1. The van der Waals surface area contributed by atoms with E-state index in [1.165, 1.54) is 0 Å². The first-order valence-corrected chi connectivity index (χ1v) is 12.7. The molecule has 33 heavy (non-hydrogen) atoms. The number of aromatic nitrogens is 1. The molecule has 0 unspecified atom stereocenters. The summed E-state index contributed by atoms with van der Waals surface area (Å²) in [6, 6.07) is 3.96. The van der Waals surface area contributed by atoms with Crippen LogP contribution in [0.25, 0.3) is 12.2 Å². The number of nitrogens with two attached hydrogens (primary N) is 2. The maximum atomic E-state index is 12.4. The number of hydrogen-bond acceptors (Lipinski definition) is 6. The standard InChI is InChI=1S/C24H24BrN5O2.Zn/c1-14-5-6-15(28-14)11-16-7-8-17(29-16)12-18-9-10-20(30-18)21(25)22(27)19(13-26)23(31)32-24(2,3)4;/h1,5-13,29H,26-27H2,2-4H3;/b15-11?,18-12?,19-13?,22-21+;. The van der Waals surface area contributed by atoms with Crippen LogP contribution in [-0.2, 0) is 27.4 Å². The van der Waals surface area contributed by atoms with Crippen LogP contribution in [0.4, 0.5) is 0 Å². The molecule has 7 nitrogen and oxygen atoms in total. The van der Waals surface area contributed by atoms with E-state index in [1.54, 1.807) is 20.8 Å². The van der Waals surface area contributed by atoms with Gasteiger partial charge in [0.05, 0.1) is 15.8 Å². The van der Waals surface area contributed by atoms with Crippen molar-refractivity contribution in [3.05, 3.63) is 81.2 Å². The average molecular weight is 560 g/mol. The molecule has 0 aromatic carbocycles. The van der Waals surface area contributed by atoms with Crippen LogP contribution in [-0.4, -0.2) is 32.6 Å². The van der Waals surface area contributed by atoms with Crippen LogP contribution in [0.1, 0.15) is 32.2 Å². The van der Waals surface area contributed by atoms with Crippen molar-refractivity contribution in [3.8, 4) is 0 Å². The van der Waals surface area contributed by atoms with Crippen molar-refractivity contribution >= 4 is 50.1 Å². The van der Waals surface area contributed by atoms with Crippen molar-refractivity contribution in [1.29, 1.82) is 0 Å². The average Bonchev–Trinajstić information content (AvgIpc) is 3.49. The summed E-state index contributed by atoms with van der Waals surface area (Å²) in [5.41, 5.74) is 16.5. The topological polar surface area (TPSA) is 119 Å². The summed E-state index contributed by atoms with van der Waals surface area (Å²) in [4.78, 5) is 24.9. The summed E-state index contributed by atoms with van der Waals surface area (Å²) < 4.78 is 7.92. The van der Waals surface area contributed by atoms with Crippen molar-refractivity contribution in [2.24, 2.45) is 21.5 Å². The Kier molecular flexibility index (Phi) is 7.77. The Labute approximate surface area is 210 Å². The molecule has 0 aliphatic carbocycles. The fraction of sp³-hybridized carbons (Fsp3) is 0.167. The Morgan fingerprint density at radius 2 is 1.70 bits per heavy atom. The monoisotopic (exact) mass is 557 g/mol. The zero-order valence-electron chi connectivity index (χ0n) is 18.7. The summed E-state index contributed by atoms with van der Waals surface area (Å²) in [5.74, 6) is -0.599. The summed E-state index contributed by atoms with van der Waals surface area (Å²) in [6.45, 7) is 5.33. The van der Waals surface area contributed by atoms with Crippen molar-refractivity contribution in [2.75, 3.05) is 0 Å². The molecule has 2 aliphatic rings. The third-order valence-electron chi connectivity index (χ3n) is 4.43. The Morgan fingerprint density at radius 3 is 2.24 bits per heavy atom. The molecule has 0 bridgehead atoms. The van der Waals surface area contributed by atoms with Crippen LogP contribution in [0.5, 0.6) is 0 Å². The Morgan fingerprint density at radius 1 is 1.09 bits per heavy atom. The third-order valence-corrected chi connectivity index (χ3v) is 6.14. The molecule has 0 saturated heterocycles. The molecular weight excluding hydrogens is 536 g/mol. The number of hydrogen-bond donors (Lipinski definition) is 3. The molecule has 3 heterocycles. The van der Waals surface area contributed by atoms with Crippen LogP contribution in [0.3, 0.4) is 0 Å². The number of H-pyrrole nitrogens is 1. The number of rotatable bonds is 6. The molecule has 0 spiro atoms. The van der Waals surface area contributed by atoms with Crippen LogP contribution in [0.2, 0.25) is 0 Å². The van der Waals surface area contributed by atoms with E-state index in [9.17, 15) is 4.79 Å². The van der Waals surface area contributed by atoms with E-state index in [4.69, 9.17) is 16.2 Å². The van der Waals surface area contributed by atoms with Gasteiger partial charge < -0.3 is 16.2 Å². The van der Waals surface area contributed by atoms with Crippen LogP contribution < -0.4 is 11.5 Å². The Balaban J connectivity index is 1.78. The zero-order chi connectivity index (χ0) is 24.2. The van der Waals surface area contributed by atoms with Crippen LogP contribution >= 0.6 is 15.9 Å². The molecule has 0 atom stereocenters. The third kappa shape index (κ3) is 6.56. The van der Waals surface area contributed by atoms with Gasteiger partial charge in [0.15, 0.2) is 0 Å². The maximum absolute atomic E-state index is 12.4. The molecule has 0 amide bonds. The number of aromatic amines is 1. The molecule has 3 rings (SSSR count). The molecule has 1 aromatic heterocycles. The van der Waals surface area contributed by atoms with Gasteiger partial charge in [-0.3, -0.25) is 0 Å². The van der Waals surface area contributed by atoms with Gasteiger partial charge in [-0.1, -0.05) is 0 Å². The molecule has 0 fully saturated rings. The summed E-state index contributed by atoms with van der Waals surface area (Å²) >= 11 is 4.52. The molecule has 5 N–H and O–H groups in total. The number of allylic oxidation sites excluding steroid dienone is 5. The number of nitrogens with zero attached hydrogens (tertiary/aromatic N) is 2. The van der Waals surface area contributed by atoms with Crippen molar-refractivity contribution in [1.82, 2.24) is 4.98 Å². The Bertz CT molecular complexity index is 1230. The number of nitrogens with one attached hydrogen (secondary N) is 1. The number of carbonyl (C=O) groups excluding carboxylic acids is 1. The van der Waals surface area contributed by atoms with E-state index in [2.05, 4.69) is 35.5 Å². The van der Waals surface area contributed by atoms with E-state index in [0.717, 1.165) is 52.5 Å². The van der Waals surface area contributed by atoms with Gasteiger partial charge in [0.1, 0.15) is 5.60 Å². The van der Waals surface area contributed by atoms with E-state index < -0.39 is 11.6 Å². The van der Waals surface area contributed by atoms with Gasteiger partial charge in [0, 0.05) is 6.20 Å². The molecule has 1 aromatic rings. The van der Waals surface area contributed by atoms with Crippen molar-refractivity contribution in [2.45, 2.75) is 26.4 Å². The quantitative estimate of drug-likeness (QED) is 0.213. The van der Waals surface area contributed by atoms with E-state index in [-0.39, 0.29) is 11.3 Å². The first-order chi connectivity index (χ1) is 15.6. The van der Waals surface area contributed by atoms with E-state index in [1.807, 2.05) is 48.6 Å². The second-order valence-corrected chi connectivity index (χ2v) is 9.87. The number of esters is 1. The van der Waals surface area contributed by atoms with Crippen LogP contribution in [0.15, 0.2) is 79.8 Å².